The molecule has 5 nitrogen and oxygen atoms in total. The van der Waals surface area contributed by atoms with Gasteiger partial charge in [0.25, 0.3) is 0 Å². The van der Waals surface area contributed by atoms with Crippen LogP contribution in [0.25, 0.3) is 10.9 Å². The molecular formula is C24H20N2O3. The number of aromatic nitrogens is 1. The Labute approximate surface area is 168 Å². The number of likely N-dealkylation sites (tertiary alicyclic amines) is 1. The number of benzene rings is 2. The number of para-hydroxylation sites is 1. The zero-order chi connectivity index (χ0) is 19.6. The minimum absolute atomic E-state index is 0.145. The normalized spacial score (nSPS) is 24.0. The molecule has 0 radical (unpaired) electrons. The monoisotopic (exact) mass is 384 g/mol. The molecule has 0 N–H and O–H groups in total. The maximum absolute atomic E-state index is 13.7. The van der Waals surface area contributed by atoms with E-state index in [0.717, 1.165) is 34.9 Å². The van der Waals surface area contributed by atoms with Crippen molar-refractivity contribution in [3.05, 3.63) is 77.5 Å². The lowest BCUT2D eigenvalue weighted by Gasteiger charge is -2.27. The first-order chi connectivity index (χ1) is 14.1. The molecule has 5 heteroatoms. The van der Waals surface area contributed by atoms with Crippen molar-refractivity contribution in [2.45, 2.75) is 30.3 Å². The van der Waals surface area contributed by atoms with Gasteiger partial charge in [-0.05, 0) is 36.6 Å². The topological polar surface area (TPSA) is 59.5 Å². The van der Waals surface area contributed by atoms with Crippen molar-refractivity contribution in [2.75, 3.05) is 13.1 Å². The molecule has 1 atom stereocenters. The van der Waals surface area contributed by atoms with Crippen LogP contribution in [-0.4, -0.2) is 34.8 Å². The number of hydrogen-bond donors (Lipinski definition) is 0. The molecular weight excluding hydrogens is 364 g/mol. The van der Waals surface area contributed by atoms with E-state index in [2.05, 4.69) is 4.98 Å². The highest BCUT2D eigenvalue weighted by atomic mass is 16.6. The van der Waals surface area contributed by atoms with Gasteiger partial charge in [-0.3, -0.25) is 9.78 Å². The summed E-state index contributed by atoms with van der Waals surface area (Å²) in [6.07, 6.45) is 4.14. The fourth-order valence-electron chi connectivity index (χ4n) is 5.14. The van der Waals surface area contributed by atoms with E-state index in [9.17, 15) is 9.59 Å². The van der Waals surface area contributed by atoms with Gasteiger partial charge in [-0.2, -0.15) is 0 Å². The van der Waals surface area contributed by atoms with Crippen LogP contribution < -0.4 is 0 Å². The highest BCUT2D eigenvalue weighted by Gasteiger charge is 2.58. The number of nitrogens with zero attached hydrogens (tertiary/aromatic N) is 2. The van der Waals surface area contributed by atoms with Crippen LogP contribution in [0.2, 0.25) is 0 Å². The fourth-order valence-corrected chi connectivity index (χ4v) is 5.14. The number of pyridine rings is 1. The van der Waals surface area contributed by atoms with E-state index in [0.29, 0.717) is 25.1 Å². The van der Waals surface area contributed by atoms with Gasteiger partial charge in [0.2, 0.25) is 5.91 Å². The Morgan fingerprint density at radius 2 is 1.76 bits per heavy atom. The van der Waals surface area contributed by atoms with E-state index in [1.165, 1.54) is 0 Å². The van der Waals surface area contributed by atoms with Gasteiger partial charge in [-0.25, -0.2) is 4.79 Å². The first-order valence-electron chi connectivity index (χ1n) is 10.1. The Morgan fingerprint density at radius 3 is 2.62 bits per heavy atom. The van der Waals surface area contributed by atoms with Crippen LogP contribution in [0, 0.1) is 0 Å². The van der Waals surface area contributed by atoms with Crippen molar-refractivity contribution in [3.63, 3.8) is 0 Å². The molecule has 1 aromatic heterocycles. The van der Waals surface area contributed by atoms with Crippen molar-refractivity contribution in [1.82, 2.24) is 9.88 Å². The number of carbonyl (C=O) groups is 2. The summed E-state index contributed by atoms with van der Waals surface area (Å²) in [5.74, 6) is -0.137. The highest BCUT2D eigenvalue weighted by Crippen LogP contribution is 2.53. The first-order valence-corrected chi connectivity index (χ1v) is 10.1. The average molecular weight is 384 g/mol. The number of ether oxygens (including phenoxy) is 1. The van der Waals surface area contributed by atoms with Crippen LogP contribution >= 0.6 is 0 Å². The van der Waals surface area contributed by atoms with E-state index in [-0.39, 0.29) is 11.9 Å². The SMILES string of the molecule is O=C1OC2(CCN(C(=O)C3(c4ccnc5ccccc45)CC3)C2)c2ccccc21. The van der Waals surface area contributed by atoms with E-state index in [4.69, 9.17) is 4.74 Å². The lowest BCUT2D eigenvalue weighted by atomic mass is 9.90. The van der Waals surface area contributed by atoms with E-state index in [1.807, 2.05) is 59.5 Å². The van der Waals surface area contributed by atoms with Crippen molar-refractivity contribution >= 4 is 22.8 Å². The number of rotatable bonds is 2. The maximum Gasteiger partial charge on any atom is 0.339 e. The second kappa shape index (κ2) is 5.66. The largest absolute Gasteiger partial charge is 0.449 e. The molecule has 3 aliphatic rings. The van der Waals surface area contributed by atoms with Crippen LogP contribution in [0.5, 0.6) is 0 Å². The summed E-state index contributed by atoms with van der Waals surface area (Å²) in [6, 6.07) is 17.5. The van der Waals surface area contributed by atoms with Crippen LogP contribution in [0.1, 0.15) is 40.7 Å². The summed E-state index contributed by atoms with van der Waals surface area (Å²) in [4.78, 5) is 32.4. The highest BCUT2D eigenvalue weighted by molar-refractivity contribution is 5.98. The molecule has 1 saturated heterocycles. The number of esters is 1. The molecule has 144 valence electrons. The van der Waals surface area contributed by atoms with Crippen molar-refractivity contribution in [2.24, 2.45) is 0 Å². The molecule has 3 heterocycles. The molecule has 1 saturated carbocycles. The molecule has 6 rings (SSSR count). The molecule has 2 aliphatic heterocycles. The molecule has 1 amide bonds. The Hall–Kier alpha value is -3.21. The standard InChI is InChI=1S/C24H20N2O3/c27-21-17-6-1-3-7-19(17)24(29-21)12-14-26(15-24)22(28)23(10-11-23)18-9-13-25-20-8-4-2-5-16(18)20/h1-9,13H,10-12,14-15H2. The predicted molar refractivity (Wildman–Crippen MR) is 107 cm³/mol. The Morgan fingerprint density at radius 1 is 0.966 bits per heavy atom. The quantitative estimate of drug-likeness (QED) is 0.634. The third kappa shape index (κ3) is 2.24. The van der Waals surface area contributed by atoms with Crippen LogP contribution in [0.3, 0.4) is 0 Å². The zero-order valence-electron chi connectivity index (χ0n) is 15.9. The van der Waals surface area contributed by atoms with E-state index >= 15 is 0 Å². The van der Waals surface area contributed by atoms with Gasteiger partial charge < -0.3 is 9.64 Å². The molecule has 1 unspecified atom stereocenters. The minimum atomic E-state index is -0.695. The van der Waals surface area contributed by atoms with Crippen molar-refractivity contribution < 1.29 is 14.3 Å². The molecule has 2 fully saturated rings. The van der Waals surface area contributed by atoms with Gasteiger partial charge in [0.05, 0.1) is 23.0 Å². The number of carbonyl (C=O) groups excluding carboxylic acids is 2. The van der Waals surface area contributed by atoms with Crippen LogP contribution in [0.15, 0.2) is 60.8 Å². The fraction of sp³-hybridized carbons (Fsp3) is 0.292. The molecule has 0 bridgehead atoms. The lowest BCUT2D eigenvalue weighted by Crippen LogP contribution is -2.40. The van der Waals surface area contributed by atoms with Crippen LogP contribution in [-0.2, 0) is 20.5 Å². The summed E-state index contributed by atoms with van der Waals surface area (Å²) in [5, 5.41) is 1.05. The molecule has 1 spiro atoms. The minimum Gasteiger partial charge on any atom is -0.449 e. The summed E-state index contributed by atoms with van der Waals surface area (Å²) < 4.78 is 5.83. The molecule has 2 aromatic carbocycles. The summed E-state index contributed by atoms with van der Waals surface area (Å²) >= 11 is 0. The predicted octanol–water partition coefficient (Wildman–Crippen LogP) is 3.56. The first kappa shape index (κ1) is 16.7. The smallest absolute Gasteiger partial charge is 0.339 e. The number of fused-ring (bicyclic) bond motifs is 3. The van der Waals surface area contributed by atoms with Gasteiger partial charge in [0.1, 0.15) is 0 Å². The molecule has 1 aliphatic carbocycles. The number of amides is 1. The summed E-state index contributed by atoms with van der Waals surface area (Å²) in [6.45, 7) is 1.03. The summed E-state index contributed by atoms with van der Waals surface area (Å²) in [5.41, 5.74) is 2.36. The molecule has 29 heavy (non-hydrogen) atoms. The van der Waals surface area contributed by atoms with Gasteiger partial charge in [-0.15, -0.1) is 0 Å². The van der Waals surface area contributed by atoms with Gasteiger partial charge in [-0.1, -0.05) is 36.4 Å². The van der Waals surface area contributed by atoms with Crippen LogP contribution in [0.4, 0.5) is 0 Å². The molecule has 3 aromatic rings. The van der Waals surface area contributed by atoms with Crippen molar-refractivity contribution in [3.8, 4) is 0 Å². The second-order valence-corrected chi connectivity index (χ2v) is 8.36. The Balaban J connectivity index is 1.35. The Kier molecular flexibility index (Phi) is 3.26. The van der Waals surface area contributed by atoms with E-state index in [1.54, 1.807) is 6.20 Å². The third-order valence-corrected chi connectivity index (χ3v) is 6.77. The average Bonchev–Trinajstić information content (AvgIpc) is 3.39. The van der Waals surface area contributed by atoms with Gasteiger partial charge >= 0.3 is 5.97 Å². The zero-order valence-corrected chi connectivity index (χ0v) is 15.9. The second-order valence-electron chi connectivity index (χ2n) is 8.36. The lowest BCUT2D eigenvalue weighted by molar-refractivity contribution is -0.134. The van der Waals surface area contributed by atoms with Gasteiger partial charge in [0, 0.05) is 30.1 Å². The number of hydrogen-bond acceptors (Lipinski definition) is 4. The third-order valence-electron chi connectivity index (χ3n) is 6.77. The van der Waals surface area contributed by atoms with Gasteiger partial charge in [0.15, 0.2) is 5.60 Å². The van der Waals surface area contributed by atoms with E-state index < -0.39 is 11.0 Å². The Bertz CT molecular complexity index is 1180. The van der Waals surface area contributed by atoms with Crippen molar-refractivity contribution in [1.29, 1.82) is 0 Å². The summed E-state index contributed by atoms with van der Waals surface area (Å²) in [7, 11) is 0. The maximum atomic E-state index is 13.7.